The molecular formula is C27H36N2O4. The highest BCUT2D eigenvalue weighted by Crippen LogP contribution is 2.70. The Morgan fingerprint density at radius 2 is 2.06 bits per heavy atom. The fourth-order valence-electron chi connectivity index (χ4n) is 7.96. The number of hydrogen-bond acceptors (Lipinski definition) is 5. The highest BCUT2D eigenvalue weighted by molar-refractivity contribution is 5.97. The third-order valence-electron chi connectivity index (χ3n) is 9.40. The molecule has 0 bridgehead atoms. The Kier molecular flexibility index (Phi) is 6.53. The molecule has 33 heavy (non-hydrogen) atoms. The number of nitriles is 1. The van der Waals surface area contributed by atoms with Gasteiger partial charge in [-0.25, -0.2) is 4.79 Å². The molecule has 0 saturated heterocycles. The molecule has 0 amide bonds. The Balaban J connectivity index is 1.68. The minimum atomic E-state index is -0.723. The Labute approximate surface area is 196 Å². The summed E-state index contributed by atoms with van der Waals surface area (Å²) in [5.74, 6) is -0.637. The first kappa shape index (κ1) is 23.7. The summed E-state index contributed by atoms with van der Waals surface area (Å²) in [4.78, 5) is 28.4. The van der Waals surface area contributed by atoms with E-state index in [1.54, 1.807) is 5.57 Å². The van der Waals surface area contributed by atoms with Gasteiger partial charge < -0.3 is 9.94 Å². The molecule has 4 aliphatic carbocycles. The van der Waals surface area contributed by atoms with Gasteiger partial charge in [0.25, 0.3) is 0 Å². The van der Waals surface area contributed by atoms with E-state index in [2.05, 4.69) is 24.2 Å². The summed E-state index contributed by atoms with van der Waals surface area (Å²) in [7, 11) is 0. The molecule has 0 aromatic carbocycles. The maximum atomic E-state index is 12.4. The van der Waals surface area contributed by atoms with Crippen LogP contribution in [0.15, 0.2) is 28.0 Å². The van der Waals surface area contributed by atoms with Crippen LogP contribution >= 0.6 is 0 Å². The zero-order valence-corrected chi connectivity index (χ0v) is 20.2. The first-order chi connectivity index (χ1) is 15.8. The number of fused-ring (bicyclic) bond motifs is 4. The number of aliphatic carboxylic acids is 1. The normalized spacial score (nSPS) is 35.1. The molecule has 2 saturated carbocycles. The maximum Gasteiger partial charge on any atom is 0.331 e. The van der Waals surface area contributed by atoms with Gasteiger partial charge in [0.05, 0.1) is 17.7 Å². The molecule has 0 aromatic rings. The summed E-state index contributed by atoms with van der Waals surface area (Å²) in [6, 6.07) is 2.41. The van der Waals surface area contributed by atoms with Crippen LogP contribution in [0.1, 0.15) is 91.4 Å². The lowest BCUT2D eigenvalue weighted by Crippen LogP contribution is -2.50. The molecule has 4 rings (SSSR count). The molecule has 2 fully saturated rings. The second-order valence-electron chi connectivity index (χ2n) is 10.7. The molecule has 0 aliphatic heterocycles. The summed E-state index contributed by atoms with van der Waals surface area (Å²) in [5, 5.41) is 24.0. The Morgan fingerprint density at radius 3 is 2.73 bits per heavy atom. The highest BCUT2D eigenvalue weighted by Gasteiger charge is 2.64. The topological polar surface area (TPSA) is 99.8 Å². The van der Waals surface area contributed by atoms with Gasteiger partial charge in [0.1, 0.15) is 0 Å². The van der Waals surface area contributed by atoms with Gasteiger partial charge in [-0.2, -0.15) is 5.26 Å². The van der Waals surface area contributed by atoms with Crippen molar-refractivity contribution in [1.29, 1.82) is 5.26 Å². The predicted octanol–water partition coefficient (Wildman–Crippen LogP) is 5.94. The minimum absolute atomic E-state index is 0.118. The van der Waals surface area contributed by atoms with E-state index in [1.807, 2.05) is 6.92 Å². The first-order valence-electron chi connectivity index (χ1n) is 12.5. The fourth-order valence-corrected chi connectivity index (χ4v) is 7.96. The van der Waals surface area contributed by atoms with Gasteiger partial charge in [0, 0.05) is 18.8 Å². The third kappa shape index (κ3) is 3.84. The molecule has 4 aliphatic rings. The van der Waals surface area contributed by atoms with Gasteiger partial charge in [-0.05, 0) is 92.3 Å². The van der Waals surface area contributed by atoms with E-state index < -0.39 is 23.3 Å². The van der Waals surface area contributed by atoms with Crippen molar-refractivity contribution in [2.24, 2.45) is 33.7 Å². The van der Waals surface area contributed by atoms with E-state index in [0.717, 1.165) is 63.5 Å². The summed E-state index contributed by atoms with van der Waals surface area (Å²) in [6.45, 7) is 5.72. The van der Waals surface area contributed by atoms with Crippen LogP contribution in [-0.4, -0.2) is 22.8 Å². The standard InChI is InChI=1S/C27H36N2O4/c1-4-5-24(25(31)32)27(14-15-28)13-11-23-22-8-6-18-16-19(29-33-17(2)30)7-9-20(18)21(22)10-12-26(23,27)3/h16,22-24H,4-14H2,1-3H3,(H,31,32)/b29-19+/t22-,23+,24?,26+,27+/m1/s1. The summed E-state index contributed by atoms with van der Waals surface area (Å²) in [5.41, 5.74) is 4.65. The van der Waals surface area contributed by atoms with Crippen molar-refractivity contribution in [2.75, 3.05) is 0 Å². The average Bonchev–Trinajstić information content (AvgIpc) is 3.08. The lowest BCUT2D eigenvalue weighted by molar-refractivity contribution is -0.153. The molecule has 0 spiro atoms. The van der Waals surface area contributed by atoms with Crippen molar-refractivity contribution in [3.63, 3.8) is 0 Å². The lowest BCUT2D eigenvalue weighted by Gasteiger charge is -2.55. The maximum absolute atomic E-state index is 12.4. The number of carbonyl (C=O) groups excluding carboxylic acids is 1. The highest BCUT2D eigenvalue weighted by atomic mass is 16.7. The summed E-state index contributed by atoms with van der Waals surface area (Å²) >= 11 is 0. The molecule has 1 N–H and O–H groups in total. The molecular weight excluding hydrogens is 416 g/mol. The van der Waals surface area contributed by atoms with Gasteiger partial charge in [-0.15, -0.1) is 0 Å². The SMILES string of the molecule is CCCC(C(=O)O)[C@@]1(CC#N)CC[C@H]2[C@@H]3CCC4=C/C(=N/OC(C)=O)CCC4=C3CC[C@@]21C. The van der Waals surface area contributed by atoms with Crippen molar-refractivity contribution in [3.8, 4) is 6.07 Å². The van der Waals surface area contributed by atoms with E-state index >= 15 is 0 Å². The number of allylic oxidation sites excluding steroid dienone is 4. The monoisotopic (exact) mass is 452 g/mol. The molecule has 0 heterocycles. The number of carboxylic acids is 1. The van der Waals surface area contributed by atoms with Crippen molar-refractivity contribution < 1.29 is 19.5 Å². The number of carboxylic acid groups (broad SMARTS) is 1. The van der Waals surface area contributed by atoms with Crippen molar-refractivity contribution in [2.45, 2.75) is 91.4 Å². The predicted molar refractivity (Wildman–Crippen MR) is 125 cm³/mol. The zero-order chi connectivity index (χ0) is 23.8. The number of carbonyl (C=O) groups is 2. The van der Waals surface area contributed by atoms with Crippen LogP contribution in [0.3, 0.4) is 0 Å². The largest absolute Gasteiger partial charge is 0.481 e. The summed E-state index contributed by atoms with van der Waals surface area (Å²) < 4.78 is 0. The quantitative estimate of drug-likeness (QED) is 0.397. The molecule has 6 heteroatoms. The van der Waals surface area contributed by atoms with E-state index in [1.165, 1.54) is 18.1 Å². The van der Waals surface area contributed by atoms with Crippen molar-refractivity contribution in [1.82, 2.24) is 0 Å². The molecule has 5 atom stereocenters. The molecule has 6 nitrogen and oxygen atoms in total. The Bertz CT molecular complexity index is 971. The Hall–Kier alpha value is -2.42. The zero-order valence-electron chi connectivity index (χ0n) is 20.2. The van der Waals surface area contributed by atoms with Crippen LogP contribution in [-0.2, 0) is 14.4 Å². The van der Waals surface area contributed by atoms with Crippen LogP contribution in [0.25, 0.3) is 0 Å². The molecule has 0 radical (unpaired) electrons. The number of rotatable bonds is 6. The van der Waals surface area contributed by atoms with Crippen LogP contribution < -0.4 is 0 Å². The first-order valence-corrected chi connectivity index (χ1v) is 12.5. The van der Waals surface area contributed by atoms with Crippen molar-refractivity contribution >= 4 is 17.7 Å². The molecule has 0 aromatic heterocycles. The van der Waals surface area contributed by atoms with E-state index in [9.17, 15) is 20.0 Å². The van der Waals surface area contributed by atoms with Gasteiger partial charge in [-0.1, -0.05) is 31.0 Å². The third-order valence-corrected chi connectivity index (χ3v) is 9.40. The smallest absolute Gasteiger partial charge is 0.331 e. The van der Waals surface area contributed by atoms with Gasteiger partial charge >= 0.3 is 11.9 Å². The second-order valence-corrected chi connectivity index (χ2v) is 10.7. The van der Waals surface area contributed by atoms with E-state index in [-0.39, 0.29) is 5.41 Å². The number of hydrogen-bond donors (Lipinski definition) is 1. The number of oxime groups is 1. The summed E-state index contributed by atoms with van der Waals surface area (Å²) in [6.07, 6.45) is 11.5. The van der Waals surface area contributed by atoms with Crippen LogP contribution in [0, 0.1) is 39.9 Å². The van der Waals surface area contributed by atoms with E-state index in [0.29, 0.717) is 24.7 Å². The van der Waals surface area contributed by atoms with Crippen LogP contribution in [0.2, 0.25) is 0 Å². The number of nitrogens with zero attached hydrogens (tertiary/aromatic N) is 2. The van der Waals surface area contributed by atoms with Crippen LogP contribution in [0.4, 0.5) is 0 Å². The van der Waals surface area contributed by atoms with Gasteiger partial charge in [0.15, 0.2) is 0 Å². The fraction of sp³-hybridized carbons (Fsp3) is 0.704. The average molecular weight is 453 g/mol. The molecule has 1 unspecified atom stereocenters. The van der Waals surface area contributed by atoms with Crippen molar-refractivity contribution in [3.05, 3.63) is 22.8 Å². The van der Waals surface area contributed by atoms with Crippen LogP contribution in [0.5, 0.6) is 0 Å². The minimum Gasteiger partial charge on any atom is -0.481 e. The van der Waals surface area contributed by atoms with Gasteiger partial charge in [-0.3, -0.25) is 4.79 Å². The lowest BCUT2D eigenvalue weighted by atomic mass is 9.48. The molecule has 178 valence electrons. The van der Waals surface area contributed by atoms with E-state index in [4.69, 9.17) is 4.84 Å². The van der Waals surface area contributed by atoms with Gasteiger partial charge in [0.2, 0.25) is 0 Å². The Morgan fingerprint density at radius 1 is 1.27 bits per heavy atom. The second kappa shape index (κ2) is 9.08.